The summed E-state index contributed by atoms with van der Waals surface area (Å²) in [5.74, 6) is -0.380. The molecule has 2 heterocycles. The summed E-state index contributed by atoms with van der Waals surface area (Å²) >= 11 is 5.66. The second kappa shape index (κ2) is 4.59. The molecule has 15 heavy (non-hydrogen) atoms. The molecule has 1 atom stereocenters. The molecular formula is C10H10ClNO3. The molecule has 1 fully saturated rings. The normalized spacial score (nSPS) is 20.2. The van der Waals surface area contributed by atoms with E-state index >= 15 is 0 Å². The highest BCUT2D eigenvalue weighted by molar-refractivity contribution is 6.29. The van der Waals surface area contributed by atoms with Crippen molar-refractivity contribution in [1.82, 2.24) is 4.98 Å². The Kier molecular flexibility index (Phi) is 3.18. The van der Waals surface area contributed by atoms with Gasteiger partial charge in [0.25, 0.3) is 0 Å². The van der Waals surface area contributed by atoms with Gasteiger partial charge in [0.2, 0.25) is 0 Å². The van der Waals surface area contributed by atoms with Crippen LogP contribution in [-0.2, 0) is 9.47 Å². The molecule has 1 saturated heterocycles. The number of pyridine rings is 1. The molecule has 0 N–H and O–H groups in total. The topological polar surface area (TPSA) is 48.4 Å². The number of ether oxygens (including phenoxy) is 2. The van der Waals surface area contributed by atoms with E-state index < -0.39 is 0 Å². The second-order valence-corrected chi connectivity index (χ2v) is 3.65. The lowest BCUT2D eigenvalue weighted by Crippen LogP contribution is -2.18. The molecule has 4 nitrogen and oxygen atoms in total. The highest BCUT2D eigenvalue weighted by Gasteiger charge is 2.20. The maximum atomic E-state index is 11.6. The summed E-state index contributed by atoms with van der Waals surface area (Å²) in [5.41, 5.74) is 0.418. The number of nitrogens with zero attached hydrogens (tertiary/aromatic N) is 1. The third kappa shape index (κ3) is 2.67. The van der Waals surface area contributed by atoms with Gasteiger partial charge in [-0.15, -0.1) is 0 Å². The Hall–Kier alpha value is -1.13. The fourth-order valence-corrected chi connectivity index (χ4v) is 1.53. The van der Waals surface area contributed by atoms with Gasteiger partial charge in [0, 0.05) is 12.6 Å². The number of hydrogen-bond donors (Lipinski definition) is 0. The van der Waals surface area contributed by atoms with Gasteiger partial charge in [0.1, 0.15) is 11.3 Å². The molecule has 0 saturated carbocycles. The molecular weight excluding hydrogens is 218 g/mol. The monoisotopic (exact) mass is 227 g/mol. The fourth-order valence-electron chi connectivity index (χ4n) is 1.35. The number of rotatable bonds is 2. The van der Waals surface area contributed by atoms with Gasteiger partial charge in [0.15, 0.2) is 0 Å². The Bertz CT molecular complexity index is 363. The first-order valence-electron chi connectivity index (χ1n) is 4.66. The highest BCUT2D eigenvalue weighted by atomic mass is 35.5. The summed E-state index contributed by atoms with van der Waals surface area (Å²) in [4.78, 5) is 15.4. The summed E-state index contributed by atoms with van der Waals surface area (Å²) in [7, 11) is 0. The third-order valence-corrected chi connectivity index (χ3v) is 2.33. The smallest absolute Gasteiger partial charge is 0.338 e. The van der Waals surface area contributed by atoms with Crippen molar-refractivity contribution in [2.24, 2.45) is 0 Å². The zero-order valence-electron chi connectivity index (χ0n) is 7.98. The van der Waals surface area contributed by atoms with E-state index in [2.05, 4.69) is 4.98 Å². The van der Waals surface area contributed by atoms with E-state index in [0.717, 1.165) is 6.42 Å². The minimum Gasteiger partial charge on any atom is -0.456 e. The van der Waals surface area contributed by atoms with Crippen LogP contribution in [0.1, 0.15) is 16.8 Å². The average Bonchev–Trinajstić information content (AvgIpc) is 2.70. The third-order valence-electron chi connectivity index (χ3n) is 2.12. The Morgan fingerprint density at radius 1 is 1.67 bits per heavy atom. The Morgan fingerprint density at radius 2 is 2.53 bits per heavy atom. The standard InChI is InChI=1S/C10H10ClNO3/c11-9-5-7(1-3-12-9)10(13)15-8-2-4-14-6-8/h1,3,5,8H,2,4,6H2. The fraction of sp³-hybridized carbons (Fsp3) is 0.400. The SMILES string of the molecule is O=C(OC1CCOC1)c1ccnc(Cl)c1. The lowest BCUT2D eigenvalue weighted by molar-refractivity contribution is 0.0270. The van der Waals surface area contributed by atoms with E-state index in [0.29, 0.717) is 18.8 Å². The van der Waals surface area contributed by atoms with Crippen molar-refractivity contribution in [3.8, 4) is 0 Å². The quantitative estimate of drug-likeness (QED) is 0.570. The molecule has 0 amide bonds. The van der Waals surface area contributed by atoms with Crippen LogP contribution >= 0.6 is 11.6 Å². The minimum atomic E-state index is -0.380. The highest BCUT2D eigenvalue weighted by Crippen LogP contribution is 2.13. The molecule has 1 unspecified atom stereocenters. The minimum absolute atomic E-state index is 0.135. The van der Waals surface area contributed by atoms with Gasteiger partial charge in [-0.3, -0.25) is 0 Å². The van der Waals surface area contributed by atoms with Crippen molar-refractivity contribution in [2.75, 3.05) is 13.2 Å². The van der Waals surface area contributed by atoms with Crippen LogP contribution in [0.5, 0.6) is 0 Å². The van der Waals surface area contributed by atoms with Gasteiger partial charge in [-0.05, 0) is 12.1 Å². The number of halogens is 1. The lowest BCUT2D eigenvalue weighted by Gasteiger charge is -2.09. The molecule has 5 heteroatoms. The van der Waals surface area contributed by atoms with Crippen LogP contribution in [0.2, 0.25) is 5.15 Å². The van der Waals surface area contributed by atoms with Gasteiger partial charge in [-0.1, -0.05) is 11.6 Å². The Morgan fingerprint density at radius 3 is 3.20 bits per heavy atom. The number of aromatic nitrogens is 1. The van der Waals surface area contributed by atoms with Crippen LogP contribution in [0, 0.1) is 0 Å². The maximum Gasteiger partial charge on any atom is 0.338 e. The number of esters is 1. The van der Waals surface area contributed by atoms with Gasteiger partial charge in [-0.25, -0.2) is 9.78 Å². The van der Waals surface area contributed by atoms with Crippen molar-refractivity contribution >= 4 is 17.6 Å². The van der Waals surface area contributed by atoms with Crippen LogP contribution < -0.4 is 0 Å². The molecule has 0 bridgehead atoms. The molecule has 80 valence electrons. The molecule has 0 spiro atoms. The van der Waals surface area contributed by atoms with Crippen molar-refractivity contribution in [1.29, 1.82) is 0 Å². The van der Waals surface area contributed by atoms with Crippen LogP contribution in [0.3, 0.4) is 0 Å². The largest absolute Gasteiger partial charge is 0.456 e. The van der Waals surface area contributed by atoms with Crippen molar-refractivity contribution in [3.05, 3.63) is 29.0 Å². The summed E-state index contributed by atoms with van der Waals surface area (Å²) in [6.07, 6.45) is 2.10. The predicted molar refractivity (Wildman–Crippen MR) is 53.9 cm³/mol. The summed E-state index contributed by atoms with van der Waals surface area (Å²) in [6.45, 7) is 1.12. The van der Waals surface area contributed by atoms with E-state index in [1.165, 1.54) is 12.3 Å². The van der Waals surface area contributed by atoms with E-state index in [1.54, 1.807) is 6.07 Å². The van der Waals surface area contributed by atoms with Crippen molar-refractivity contribution in [3.63, 3.8) is 0 Å². The first-order chi connectivity index (χ1) is 7.25. The van der Waals surface area contributed by atoms with Gasteiger partial charge < -0.3 is 9.47 Å². The molecule has 1 aliphatic heterocycles. The van der Waals surface area contributed by atoms with Gasteiger partial charge >= 0.3 is 5.97 Å². The van der Waals surface area contributed by atoms with E-state index in [1.807, 2.05) is 0 Å². The molecule has 1 aromatic rings. The van der Waals surface area contributed by atoms with Crippen molar-refractivity contribution < 1.29 is 14.3 Å². The Labute approximate surface area is 92.2 Å². The van der Waals surface area contributed by atoms with Crippen LogP contribution in [0.15, 0.2) is 18.3 Å². The Balaban J connectivity index is 2.01. The van der Waals surface area contributed by atoms with Crippen LogP contribution in [0.25, 0.3) is 0 Å². The molecule has 2 rings (SSSR count). The first kappa shape index (κ1) is 10.4. The number of carbonyl (C=O) groups is 1. The first-order valence-corrected chi connectivity index (χ1v) is 5.04. The van der Waals surface area contributed by atoms with E-state index in [9.17, 15) is 4.79 Å². The lowest BCUT2D eigenvalue weighted by atomic mass is 10.2. The van der Waals surface area contributed by atoms with Crippen LogP contribution in [-0.4, -0.2) is 30.3 Å². The van der Waals surface area contributed by atoms with E-state index in [-0.39, 0.29) is 17.2 Å². The molecule has 0 aromatic carbocycles. The molecule has 1 aliphatic rings. The zero-order valence-corrected chi connectivity index (χ0v) is 8.74. The molecule has 1 aromatic heterocycles. The van der Waals surface area contributed by atoms with E-state index in [4.69, 9.17) is 21.1 Å². The zero-order chi connectivity index (χ0) is 10.7. The summed E-state index contributed by atoms with van der Waals surface area (Å²) < 4.78 is 10.3. The molecule has 0 radical (unpaired) electrons. The van der Waals surface area contributed by atoms with Gasteiger partial charge in [-0.2, -0.15) is 0 Å². The predicted octanol–water partition coefficient (Wildman–Crippen LogP) is 1.68. The van der Waals surface area contributed by atoms with Gasteiger partial charge in [0.05, 0.1) is 18.8 Å². The van der Waals surface area contributed by atoms with Crippen molar-refractivity contribution in [2.45, 2.75) is 12.5 Å². The van der Waals surface area contributed by atoms with Crippen LogP contribution in [0.4, 0.5) is 0 Å². The second-order valence-electron chi connectivity index (χ2n) is 3.26. The maximum absolute atomic E-state index is 11.6. The number of carbonyl (C=O) groups excluding carboxylic acids is 1. The summed E-state index contributed by atoms with van der Waals surface area (Å²) in [6, 6.07) is 3.06. The molecule has 0 aliphatic carbocycles. The number of hydrogen-bond acceptors (Lipinski definition) is 4. The average molecular weight is 228 g/mol. The summed E-state index contributed by atoms with van der Waals surface area (Å²) in [5, 5.41) is 0.284.